The van der Waals surface area contributed by atoms with Crippen LogP contribution < -0.4 is 5.32 Å². The first-order valence-corrected chi connectivity index (χ1v) is 6.76. The van der Waals surface area contributed by atoms with Crippen molar-refractivity contribution in [2.24, 2.45) is 5.41 Å². The molecular formula is C16H23NO3. The zero-order valence-corrected chi connectivity index (χ0v) is 12.7. The average molecular weight is 277 g/mol. The van der Waals surface area contributed by atoms with Crippen LogP contribution in [0.3, 0.4) is 0 Å². The lowest BCUT2D eigenvalue weighted by Gasteiger charge is -2.21. The van der Waals surface area contributed by atoms with Crippen molar-refractivity contribution in [3.63, 3.8) is 0 Å². The normalized spacial score (nSPS) is 11.0. The Kier molecular flexibility index (Phi) is 5.74. The molecule has 4 nitrogen and oxygen atoms in total. The summed E-state index contributed by atoms with van der Waals surface area (Å²) in [6.07, 6.45) is 1.45. The SMILES string of the molecule is COC(=O)C(C)(C)Cc1ccc(CCNC(C)=O)cc1. The molecule has 1 amide bonds. The molecule has 20 heavy (non-hydrogen) atoms. The molecule has 0 fully saturated rings. The molecular weight excluding hydrogens is 254 g/mol. The number of amides is 1. The van der Waals surface area contributed by atoms with E-state index in [9.17, 15) is 9.59 Å². The number of nitrogens with one attached hydrogen (secondary N) is 1. The summed E-state index contributed by atoms with van der Waals surface area (Å²) in [6, 6.07) is 8.11. The minimum atomic E-state index is -0.521. The monoisotopic (exact) mass is 277 g/mol. The predicted octanol–water partition coefficient (Wildman–Crippen LogP) is 2.11. The zero-order chi connectivity index (χ0) is 15.2. The van der Waals surface area contributed by atoms with Crippen LogP contribution in [-0.4, -0.2) is 25.5 Å². The Hall–Kier alpha value is -1.84. The second-order valence-corrected chi connectivity index (χ2v) is 5.60. The number of hydrogen-bond acceptors (Lipinski definition) is 3. The summed E-state index contributed by atoms with van der Waals surface area (Å²) in [5.41, 5.74) is 1.74. The van der Waals surface area contributed by atoms with E-state index in [2.05, 4.69) is 5.32 Å². The van der Waals surface area contributed by atoms with Crippen molar-refractivity contribution in [1.29, 1.82) is 0 Å². The lowest BCUT2D eigenvalue weighted by molar-refractivity contribution is -0.150. The fourth-order valence-electron chi connectivity index (χ4n) is 2.07. The van der Waals surface area contributed by atoms with E-state index in [1.807, 2.05) is 38.1 Å². The molecule has 0 aliphatic carbocycles. The third kappa shape index (κ3) is 5.03. The lowest BCUT2D eigenvalue weighted by atomic mass is 9.85. The molecule has 1 aromatic carbocycles. The maximum Gasteiger partial charge on any atom is 0.311 e. The molecule has 0 unspecified atom stereocenters. The van der Waals surface area contributed by atoms with Crippen molar-refractivity contribution >= 4 is 11.9 Å². The van der Waals surface area contributed by atoms with Crippen molar-refractivity contribution in [2.75, 3.05) is 13.7 Å². The summed E-state index contributed by atoms with van der Waals surface area (Å²) in [5.74, 6) is -0.214. The first-order chi connectivity index (χ1) is 9.35. The molecule has 1 N–H and O–H groups in total. The molecule has 0 saturated carbocycles. The van der Waals surface area contributed by atoms with Gasteiger partial charge in [0.05, 0.1) is 12.5 Å². The number of carbonyl (C=O) groups is 2. The smallest absolute Gasteiger partial charge is 0.311 e. The van der Waals surface area contributed by atoms with Gasteiger partial charge in [-0.15, -0.1) is 0 Å². The molecule has 0 heterocycles. The van der Waals surface area contributed by atoms with Crippen LogP contribution in [0.15, 0.2) is 24.3 Å². The van der Waals surface area contributed by atoms with Crippen LogP contribution in [0.25, 0.3) is 0 Å². The highest BCUT2D eigenvalue weighted by atomic mass is 16.5. The molecule has 4 heteroatoms. The largest absolute Gasteiger partial charge is 0.469 e. The Balaban J connectivity index is 2.58. The number of ether oxygens (including phenoxy) is 1. The zero-order valence-electron chi connectivity index (χ0n) is 12.7. The summed E-state index contributed by atoms with van der Waals surface area (Å²) in [4.78, 5) is 22.4. The molecule has 0 saturated heterocycles. The molecule has 0 aliphatic rings. The Bertz CT molecular complexity index is 463. The van der Waals surface area contributed by atoms with Crippen LogP contribution in [0, 0.1) is 5.41 Å². The predicted molar refractivity (Wildman–Crippen MR) is 78.3 cm³/mol. The first kappa shape index (κ1) is 16.2. The molecule has 0 aliphatic heterocycles. The van der Waals surface area contributed by atoms with Gasteiger partial charge in [-0.2, -0.15) is 0 Å². The first-order valence-electron chi connectivity index (χ1n) is 6.76. The molecule has 1 rings (SSSR count). The standard InChI is InChI=1S/C16H23NO3/c1-12(18)17-10-9-13-5-7-14(8-6-13)11-16(2,3)15(19)20-4/h5-8H,9-11H2,1-4H3,(H,17,18). The maximum absolute atomic E-state index is 11.6. The number of benzene rings is 1. The van der Waals surface area contributed by atoms with Gasteiger partial charge in [-0.1, -0.05) is 24.3 Å². The van der Waals surface area contributed by atoms with Gasteiger partial charge in [0.25, 0.3) is 0 Å². The number of rotatable bonds is 6. The third-order valence-corrected chi connectivity index (χ3v) is 3.19. The molecule has 0 spiro atoms. The van der Waals surface area contributed by atoms with Crippen LogP contribution in [0.5, 0.6) is 0 Å². The van der Waals surface area contributed by atoms with Gasteiger partial charge in [0.15, 0.2) is 0 Å². The highest BCUT2D eigenvalue weighted by Crippen LogP contribution is 2.23. The minimum Gasteiger partial charge on any atom is -0.469 e. The minimum absolute atomic E-state index is 0.0125. The van der Waals surface area contributed by atoms with Crippen LogP contribution in [0.1, 0.15) is 31.9 Å². The molecule has 110 valence electrons. The van der Waals surface area contributed by atoms with Crippen LogP contribution in [0.4, 0.5) is 0 Å². The van der Waals surface area contributed by atoms with E-state index in [0.717, 1.165) is 12.0 Å². The van der Waals surface area contributed by atoms with Gasteiger partial charge in [0.1, 0.15) is 0 Å². The summed E-state index contributed by atoms with van der Waals surface area (Å²) in [5, 5.41) is 2.77. The van der Waals surface area contributed by atoms with Gasteiger partial charge in [0.2, 0.25) is 5.91 Å². The highest BCUT2D eigenvalue weighted by molar-refractivity contribution is 5.76. The average Bonchev–Trinajstić information content (AvgIpc) is 2.39. The molecule has 1 aromatic rings. The molecule has 0 atom stereocenters. The van der Waals surface area contributed by atoms with Crippen molar-refractivity contribution in [3.8, 4) is 0 Å². The third-order valence-electron chi connectivity index (χ3n) is 3.19. The van der Waals surface area contributed by atoms with E-state index < -0.39 is 5.41 Å². The van der Waals surface area contributed by atoms with E-state index in [0.29, 0.717) is 13.0 Å². The van der Waals surface area contributed by atoms with E-state index in [-0.39, 0.29) is 11.9 Å². The van der Waals surface area contributed by atoms with E-state index in [4.69, 9.17) is 4.74 Å². The summed E-state index contributed by atoms with van der Waals surface area (Å²) in [7, 11) is 1.41. The van der Waals surface area contributed by atoms with Gasteiger partial charge in [-0.05, 0) is 37.8 Å². The summed E-state index contributed by atoms with van der Waals surface area (Å²) in [6.45, 7) is 5.91. The van der Waals surface area contributed by atoms with Crippen molar-refractivity contribution in [1.82, 2.24) is 5.32 Å². The van der Waals surface area contributed by atoms with Crippen LogP contribution >= 0.6 is 0 Å². The second-order valence-electron chi connectivity index (χ2n) is 5.60. The summed E-state index contributed by atoms with van der Waals surface area (Å²) >= 11 is 0. The number of methoxy groups -OCH3 is 1. The van der Waals surface area contributed by atoms with Gasteiger partial charge >= 0.3 is 5.97 Å². The maximum atomic E-state index is 11.6. The number of carbonyl (C=O) groups excluding carboxylic acids is 2. The topological polar surface area (TPSA) is 55.4 Å². The van der Waals surface area contributed by atoms with Crippen molar-refractivity contribution in [2.45, 2.75) is 33.6 Å². The Labute approximate surface area is 120 Å². The fraction of sp³-hybridized carbons (Fsp3) is 0.500. The van der Waals surface area contributed by atoms with E-state index in [1.165, 1.54) is 19.6 Å². The van der Waals surface area contributed by atoms with Gasteiger partial charge < -0.3 is 10.1 Å². The number of hydrogen-bond donors (Lipinski definition) is 1. The lowest BCUT2D eigenvalue weighted by Crippen LogP contribution is -2.28. The Morgan fingerprint density at radius 1 is 1.15 bits per heavy atom. The Morgan fingerprint density at radius 3 is 2.20 bits per heavy atom. The quantitative estimate of drug-likeness (QED) is 0.810. The second kappa shape index (κ2) is 7.08. The summed E-state index contributed by atoms with van der Waals surface area (Å²) < 4.78 is 4.81. The van der Waals surface area contributed by atoms with Crippen LogP contribution in [0.2, 0.25) is 0 Å². The fourth-order valence-corrected chi connectivity index (χ4v) is 2.07. The van der Waals surface area contributed by atoms with Crippen LogP contribution in [-0.2, 0) is 27.2 Å². The van der Waals surface area contributed by atoms with Crippen molar-refractivity contribution < 1.29 is 14.3 Å². The van der Waals surface area contributed by atoms with Gasteiger partial charge in [0, 0.05) is 13.5 Å². The van der Waals surface area contributed by atoms with Gasteiger partial charge in [-0.3, -0.25) is 9.59 Å². The molecule has 0 bridgehead atoms. The number of esters is 1. The van der Waals surface area contributed by atoms with E-state index in [1.54, 1.807) is 0 Å². The highest BCUT2D eigenvalue weighted by Gasteiger charge is 2.28. The molecule has 0 aromatic heterocycles. The Morgan fingerprint density at radius 2 is 1.70 bits per heavy atom. The molecule has 0 radical (unpaired) electrons. The van der Waals surface area contributed by atoms with E-state index >= 15 is 0 Å². The van der Waals surface area contributed by atoms with Crippen molar-refractivity contribution in [3.05, 3.63) is 35.4 Å². The van der Waals surface area contributed by atoms with Gasteiger partial charge in [-0.25, -0.2) is 0 Å².